The van der Waals surface area contributed by atoms with Crippen LogP contribution in [-0.4, -0.2) is 40.7 Å². The average Bonchev–Trinajstić information content (AvgIpc) is 3.12. The molecule has 3 aromatic rings. The normalized spacial score (nSPS) is 17.0. The number of aromatic hydroxyl groups is 2. The van der Waals surface area contributed by atoms with Crippen LogP contribution in [-0.2, 0) is 9.59 Å². The van der Waals surface area contributed by atoms with E-state index in [0.717, 1.165) is 4.90 Å². The minimum Gasteiger partial charge on any atom is -0.507 e. The van der Waals surface area contributed by atoms with Crippen LogP contribution in [0, 0.1) is 0 Å². The van der Waals surface area contributed by atoms with E-state index in [-0.39, 0.29) is 45.7 Å². The van der Waals surface area contributed by atoms with Crippen LogP contribution in [0.3, 0.4) is 0 Å². The third kappa shape index (κ3) is 4.36. The number of methoxy groups -OCH3 is 1. The number of carbonyl (C=O) groups is 2. The smallest absolute Gasteiger partial charge is 0.300 e. The molecule has 0 bridgehead atoms. The molecule has 9 heteroatoms. The molecule has 1 saturated heterocycles. The van der Waals surface area contributed by atoms with Gasteiger partial charge in [0, 0.05) is 10.6 Å². The van der Waals surface area contributed by atoms with Gasteiger partial charge in [-0.25, -0.2) is 0 Å². The Hall–Kier alpha value is -4.17. The molecule has 1 aliphatic heterocycles. The first kappa shape index (κ1) is 24.0. The lowest BCUT2D eigenvalue weighted by Gasteiger charge is -2.26. The number of hydrogen-bond acceptors (Lipinski definition) is 7. The number of aliphatic hydroxyl groups is 1. The summed E-state index contributed by atoms with van der Waals surface area (Å²) in [5.74, 6) is -2.20. The topological polar surface area (TPSA) is 117 Å². The summed E-state index contributed by atoms with van der Waals surface area (Å²) >= 11 is 6.13. The summed E-state index contributed by atoms with van der Waals surface area (Å²) in [5.41, 5.74) is 0.386. The Labute approximate surface area is 206 Å². The molecule has 3 aromatic carbocycles. The minimum absolute atomic E-state index is 0.0136. The van der Waals surface area contributed by atoms with Crippen LogP contribution in [0.1, 0.15) is 24.1 Å². The fourth-order valence-corrected chi connectivity index (χ4v) is 4.15. The van der Waals surface area contributed by atoms with Crippen LogP contribution in [0.5, 0.6) is 23.0 Å². The molecule has 1 aliphatic rings. The fraction of sp³-hybridized carbons (Fsp3) is 0.154. The number of ketones is 1. The number of hydrogen-bond donors (Lipinski definition) is 3. The molecule has 1 heterocycles. The van der Waals surface area contributed by atoms with Gasteiger partial charge in [-0.3, -0.25) is 14.5 Å². The van der Waals surface area contributed by atoms with E-state index < -0.39 is 23.5 Å². The highest BCUT2D eigenvalue weighted by molar-refractivity contribution is 6.52. The van der Waals surface area contributed by atoms with Gasteiger partial charge >= 0.3 is 0 Å². The molecule has 8 nitrogen and oxygen atoms in total. The van der Waals surface area contributed by atoms with E-state index in [2.05, 4.69) is 0 Å². The lowest BCUT2D eigenvalue weighted by molar-refractivity contribution is -0.132. The Morgan fingerprint density at radius 3 is 2.49 bits per heavy atom. The number of Topliss-reactive ketones (excluding diaryl/α,β-unsaturated/α-hetero) is 1. The number of phenols is 2. The van der Waals surface area contributed by atoms with Crippen LogP contribution in [0.2, 0.25) is 5.02 Å². The van der Waals surface area contributed by atoms with Gasteiger partial charge in [-0.05, 0) is 55.0 Å². The molecule has 1 fully saturated rings. The van der Waals surface area contributed by atoms with E-state index in [1.54, 1.807) is 25.1 Å². The molecular formula is C26H22ClNO7. The Bertz CT molecular complexity index is 1350. The maximum Gasteiger partial charge on any atom is 0.300 e. The molecule has 0 spiro atoms. The number of nitrogens with zero attached hydrogens (tertiary/aromatic N) is 1. The summed E-state index contributed by atoms with van der Waals surface area (Å²) < 4.78 is 10.7. The maximum atomic E-state index is 13.3. The number of phenolic OH excluding ortho intramolecular Hbond substituents is 2. The largest absolute Gasteiger partial charge is 0.507 e. The number of rotatable bonds is 6. The van der Waals surface area contributed by atoms with Gasteiger partial charge in [0.1, 0.15) is 17.3 Å². The minimum atomic E-state index is -1.16. The number of ether oxygens (including phenoxy) is 2. The monoisotopic (exact) mass is 495 g/mol. The van der Waals surface area contributed by atoms with E-state index in [0.29, 0.717) is 11.3 Å². The number of halogens is 1. The summed E-state index contributed by atoms with van der Waals surface area (Å²) in [4.78, 5) is 27.6. The van der Waals surface area contributed by atoms with Crippen molar-refractivity contribution in [1.29, 1.82) is 0 Å². The second-order valence-corrected chi connectivity index (χ2v) is 8.13. The zero-order valence-corrected chi connectivity index (χ0v) is 19.6. The second-order valence-electron chi connectivity index (χ2n) is 7.69. The summed E-state index contributed by atoms with van der Waals surface area (Å²) in [6.45, 7) is 2.00. The molecule has 1 atom stereocenters. The number of carbonyl (C=O) groups excluding carboxylic acids is 2. The first-order chi connectivity index (χ1) is 16.8. The van der Waals surface area contributed by atoms with Crippen molar-refractivity contribution in [3.05, 3.63) is 82.4 Å². The number of anilines is 1. The van der Waals surface area contributed by atoms with Gasteiger partial charge < -0.3 is 24.8 Å². The third-order valence-electron chi connectivity index (χ3n) is 5.58. The van der Waals surface area contributed by atoms with Gasteiger partial charge in [-0.2, -0.15) is 0 Å². The molecule has 0 aromatic heterocycles. The van der Waals surface area contributed by atoms with E-state index >= 15 is 0 Å². The highest BCUT2D eigenvalue weighted by Crippen LogP contribution is 2.46. The summed E-state index contributed by atoms with van der Waals surface area (Å²) in [6.07, 6.45) is 0. The molecule has 1 amide bonds. The summed E-state index contributed by atoms with van der Waals surface area (Å²) in [5, 5.41) is 32.2. The van der Waals surface area contributed by atoms with E-state index in [4.69, 9.17) is 21.1 Å². The zero-order chi connectivity index (χ0) is 25.3. The van der Waals surface area contributed by atoms with Crippen LogP contribution in [0.4, 0.5) is 5.69 Å². The maximum absolute atomic E-state index is 13.3. The first-order valence-corrected chi connectivity index (χ1v) is 11.0. The van der Waals surface area contributed by atoms with Crippen LogP contribution in [0.15, 0.2) is 66.2 Å². The average molecular weight is 496 g/mol. The quantitative estimate of drug-likeness (QED) is 0.256. The highest BCUT2D eigenvalue weighted by atomic mass is 35.5. The van der Waals surface area contributed by atoms with Crippen molar-refractivity contribution in [2.24, 2.45) is 0 Å². The molecule has 180 valence electrons. The Balaban J connectivity index is 2.00. The summed E-state index contributed by atoms with van der Waals surface area (Å²) in [6, 6.07) is 13.7. The standard InChI is InChI=1S/C26H22ClNO7/c1-3-35-21-12-14(7-9-20(21)30)23-22(24(31)15-5-4-6-17(11-15)34-2)25(32)26(33)28(23)18-13-16(27)8-10-19(18)29/h4-13,23,29-31H,3H2,1-2H3/b24-22+. The van der Waals surface area contributed by atoms with Gasteiger partial charge in [-0.1, -0.05) is 29.8 Å². The number of benzene rings is 3. The van der Waals surface area contributed by atoms with Crippen LogP contribution < -0.4 is 14.4 Å². The van der Waals surface area contributed by atoms with E-state index in [1.165, 1.54) is 49.6 Å². The molecule has 0 aliphatic carbocycles. The molecular weight excluding hydrogens is 474 g/mol. The van der Waals surface area contributed by atoms with Crippen molar-refractivity contribution in [2.45, 2.75) is 13.0 Å². The van der Waals surface area contributed by atoms with E-state index in [9.17, 15) is 24.9 Å². The van der Waals surface area contributed by atoms with Crippen molar-refractivity contribution >= 4 is 34.7 Å². The summed E-state index contributed by atoms with van der Waals surface area (Å²) in [7, 11) is 1.46. The zero-order valence-electron chi connectivity index (χ0n) is 18.9. The Morgan fingerprint density at radius 1 is 1.03 bits per heavy atom. The van der Waals surface area contributed by atoms with Crippen LogP contribution in [0.25, 0.3) is 5.76 Å². The highest BCUT2D eigenvalue weighted by Gasteiger charge is 2.48. The Morgan fingerprint density at radius 2 is 1.77 bits per heavy atom. The van der Waals surface area contributed by atoms with Gasteiger partial charge in [0.25, 0.3) is 11.7 Å². The van der Waals surface area contributed by atoms with Gasteiger partial charge in [0.15, 0.2) is 11.5 Å². The lowest BCUT2D eigenvalue weighted by atomic mass is 9.94. The predicted octanol–water partition coefficient (Wildman–Crippen LogP) is 4.78. The van der Waals surface area contributed by atoms with Gasteiger partial charge in [0.05, 0.1) is 31.0 Å². The van der Waals surface area contributed by atoms with E-state index in [1.807, 2.05) is 0 Å². The molecule has 1 unspecified atom stereocenters. The fourth-order valence-electron chi connectivity index (χ4n) is 3.98. The van der Waals surface area contributed by atoms with Crippen LogP contribution >= 0.6 is 11.6 Å². The Kier molecular flexibility index (Phi) is 6.57. The van der Waals surface area contributed by atoms with Crippen molar-refractivity contribution < 1.29 is 34.4 Å². The van der Waals surface area contributed by atoms with Crippen molar-refractivity contribution in [3.63, 3.8) is 0 Å². The third-order valence-corrected chi connectivity index (χ3v) is 5.82. The lowest BCUT2D eigenvalue weighted by Crippen LogP contribution is -2.29. The SMILES string of the molecule is CCOc1cc(C2/C(=C(\O)c3cccc(OC)c3)C(=O)C(=O)N2c2cc(Cl)ccc2O)ccc1O. The van der Waals surface area contributed by atoms with Crippen molar-refractivity contribution in [3.8, 4) is 23.0 Å². The van der Waals surface area contributed by atoms with Gasteiger partial charge in [-0.15, -0.1) is 0 Å². The van der Waals surface area contributed by atoms with Crippen molar-refractivity contribution in [1.82, 2.24) is 0 Å². The predicted molar refractivity (Wildman–Crippen MR) is 130 cm³/mol. The number of aliphatic hydroxyl groups excluding tert-OH is 1. The molecule has 0 radical (unpaired) electrons. The molecule has 4 rings (SSSR count). The molecule has 0 saturated carbocycles. The second kappa shape index (κ2) is 9.60. The molecule has 3 N–H and O–H groups in total. The van der Waals surface area contributed by atoms with Crippen molar-refractivity contribution in [2.75, 3.05) is 18.6 Å². The number of amides is 1. The first-order valence-electron chi connectivity index (χ1n) is 10.7. The van der Waals surface area contributed by atoms with Gasteiger partial charge in [0.2, 0.25) is 0 Å². The molecule has 35 heavy (non-hydrogen) atoms.